The minimum absolute atomic E-state index is 0. The Bertz CT molecular complexity index is 527. The van der Waals surface area contributed by atoms with Crippen molar-refractivity contribution < 1.29 is 47.4 Å². The molecular formula is C13H12FLiO5. The van der Waals surface area contributed by atoms with Crippen molar-refractivity contribution in [1.29, 1.82) is 0 Å². The molecule has 0 amide bonds. The van der Waals surface area contributed by atoms with E-state index in [0.717, 1.165) is 12.1 Å². The van der Waals surface area contributed by atoms with Crippen LogP contribution in [0, 0.1) is 5.82 Å². The van der Waals surface area contributed by atoms with Crippen LogP contribution < -0.4 is 28.7 Å². The Morgan fingerprint density at radius 2 is 2.00 bits per heavy atom. The second-order valence-electron chi connectivity index (χ2n) is 3.47. The molecule has 5 nitrogen and oxygen atoms in total. The van der Waals surface area contributed by atoms with E-state index in [1.54, 1.807) is 0 Å². The molecule has 0 saturated carbocycles. The van der Waals surface area contributed by atoms with Crippen LogP contribution in [-0.4, -0.2) is 25.5 Å². The average molecular weight is 274 g/mol. The summed E-state index contributed by atoms with van der Waals surface area (Å²) in [7, 11) is 1.32. The van der Waals surface area contributed by atoms with E-state index in [-0.39, 0.29) is 36.8 Å². The number of methoxy groups -OCH3 is 1. The fourth-order valence-electron chi connectivity index (χ4n) is 1.29. The summed E-state index contributed by atoms with van der Waals surface area (Å²) in [6.45, 7) is 1.56. The van der Waals surface area contributed by atoms with Gasteiger partial charge in [-0.25, -0.2) is 9.18 Å². The Labute approximate surface area is 127 Å². The van der Waals surface area contributed by atoms with Crippen molar-refractivity contribution in [2.75, 3.05) is 13.7 Å². The number of esters is 1. The molecule has 1 aromatic carbocycles. The van der Waals surface area contributed by atoms with E-state index in [0.29, 0.717) is 6.08 Å². The molecule has 0 aliphatic rings. The summed E-state index contributed by atoms with van der Waals surface area (Å²) < 4.78 is 22.4. The predicted molar refractivity (Wildman–Crippen MR) is 62.6 cm³/mol. The number of ether oxygens (including phenoxy) is 2. The first-order chi connectivity index (χ1) is 8.97. The van der Waals surface area contributed by atoms with Gasteiger partial charge in [0.05, 0.1) is 13.7 Å². The molecule has 0 aromatic heterocycles. The van der Waals surface area contributed by atoms with E-state index in [4.69, 9.17) is 4.74 Å². The van der Waals surface area contributed by atoms with Gasteiger partial charge in [0, 0.05) is 6.07 Å². The predicted octanol–water partition coefficient (Wildman–Crippen LogP) is -2.33. The normalized spacial score (nSPS) is 10.4. The molecule has 0 atom stereocenters. The van der Waals surface area contributed by atoms with Crippen molar-refractivity contribution in [3.8, 4) is 5.75 Å². The Morgan fingerprint density at radius 3 is 2.55 bits per heavy atom. The van der Waals surface area contributed by atoms with Gasteiger partial charge in [-0.15, -0.1) is 0 Å². The number of hydrogen-bond acceptors (Lipinski definition) is 5. The molecule has 102 valence electrons. The maximum atomic E-state index is 13.2. The topological polar surface area (TPSA) is 75.7 Å². The van der Waals surface area contributed by atoms with Crippen molar-refractivity contribution in [3.63, 3.8) is 0 Å². The third kappa shape index (κ3) is 5.08. The molecule has 0 fully saturated rings. The summed E-state index contributed by atoms with van der Waals surface area (Å²) in [5, 5.41) is 11.7. The quantitative estimate of drug-likeness (QED) is 0.198. The zero-order chi connectivity index (χ0) is 14.4. The zero-order valence-corrected chi connectivity index (χ0v) is 11.4. The molecule has 1 aromatic rings. The number of carbonyl (C=O) groups is 2. The second-order valence-corrected chi connectivity index (χ2v) is 3.47. The summed E-state index contributed by atoms with van der Waals surface area (Å²) in [5.74, 6) is -3.55. The van der Waals surface area contributed by atoms with Gasteiger partial charge in [0.15, 0.2) is 0 Å². The summed E-state index contributed by atoms with van der Waals surface area (Å²) in [6.07, 6.45) is 0.562. The van der Waals surface area contributed by atoms with E-state index in [1.807, 2.05) is 0 Å². The van der Waals surface area contributed by atoms with Crippen LogP contribution in [0.3, 0.4) is 0 Å². The van der Waals surface area contributed by atoms with Gasteiger partial charge in [-0.2, -0.15) is 0 Å². The minimum atomic E-state index is -1.13. The molecule has 0 N–H and O–H groups in total. The van der Waals surface area contributed by atoms with Gasteiger partial charge in [0.2, 0.25) is 0 Å². The average Bonchev–Trinajstić information content (AvgIpc) is 2.38. The smallest absolute Gasteiger partial charge is 0.872 e. The van der Waals surface area contributed by atoms with E-state index in [9.17, 15) is 19.1 Å². The molecular weight excluding hydrogens is 262 g/mol. The number of halogens is 1. The van der Waals surface area contributed by atoms with E-state index >= 15 is 0 Å². The van der Waals surface area contributed by atoms with Gasteiger partial charge in [-0.1, -0.05) is 5.76 Å². The number of carbonyl (C=O) groups excluding carboxylic acids is 2. The summed E-state index contributed by atoms with van der Waals surface area (Å²) in [4.78, 5) is 22.3. The fourth-order valence-corrected chi connectivity index (χ4v) is 1.29. The zero-order valence-electron chi connectivity index (χ0n) is 11.4. The second kappa shape index (κ2) is 8.41. The van der Waals surface area contributed by atoms with Crippen LogP contribution in [0.25, 0.3) is 5.76 Å². The van der Waals surface area contributed by atoms with Crippen LogP contribution in [0.5, 0.6) is 5.75 Å². The minimum Gasteiger partial charge on any atom is -0.872 e. The molecule has 0 radical (unpaired) electrons. The maximum Gasteiger partial charge on any atom is 1.00 e. The van der Waals surface area contributed by atoms with Crippen molar-refractivity contribution >= 4 is 17.5 Å². The maximum absolute atomic E-state index is 13.2. The molecule has 0 heterocycles. The molecule has 0 bridgehead atoms. The Kier molecular flexibility index (Phi) is 7.66. The first-order valence-corrected chi connectivity index (χ1v) is 5.42. The number of benzene rings is 1. The molecule has 0 saturated heterocycles. The number of hydrogen-bond donors (Lipinski definition) is 0. The van der Waals surface area contributed by atoms with Gasteiger partial charge in [-0.05, 0) is 30.7 Å². The Hall–Kier alpha value is -1.77. The molecule has 7 heteroatoms. The van der Waals surface area contributed by atoms with Gasteiger partial charge in [-0.3, -0.25) is 4.79 Å². The van der Waals surface area contributed by atoms with Crippen molar-refractivity contribution in [2.45, 2.75) is 6.92 Å². The number of rotatable bonds is 5. The summed E-state index contributed by atoms with van der Waals surface area (Å²) in [6, 6.07) is 3.30. The number of ketones is 1. The monoisotopic (exact) mass is 274 g/mol. The molecule has 1 rings (SSSR count). The van der Waals surface area contributed by atoms with E-state index in [1.165, 1.54) is 20.1 Å². The van der Waals surface area contributed by atoms with Crippen LogP contribution in [0.15, 0.2) is 24.3 Å². The van der Waals surface area contributed by atoms with E-state index in [2.05, 4.69) is 4.74 Å². The Morgan fingerprint density at radius 1 is 1.35 bits per heavy atom. The van der Waals surface area contributed by atoms with Crippen LogP contribution >= 0.6 is 0 Å². The van der Waals surface area contributed by atoms with Gasteiger partial charge in [0.25, 0.3) is 5.78 Å². The van der Waals surface area contributed by atoms with Crippen LogP contribution in [0.4, 0.5) is 4.39 Å². The summed E-state index contributed by atoms with van der Waals surface area (Å²) >= 11 is 0. The van der Waals surface area contributed by atoms with Crippen LogP contribution in [0.2, 0.25) is 0 Å². The molecule has 0 spiro atoms. The fraction of sp³-hybridized carbons (Fsp3) is 0.231. The summed E-state index contributed by atoms with van der Waals surface area (Å²) in [5.41, 5.74) is -0.0884. The largest absolute Gasteiger partial charge is 1.00 e. The molecule has 0 aliphatic heterocycles. The van der Waals surface area contributed by atoms with Crippen molar-refractivity contribution in [2.24, 2.45) is 0 Å². The van der Waals surface area contributed by atoms with Crippen molar-refractivity contribution in [1.82, 2.24) is 0 Å². The SMILES string of the molecule is CCOC(=O)C(=O)/C=C(\[O-])c1cc(F)cc(OC)c1.[Li+]. The van der Waals surface area contributed by atoms with Gasteiger partial charge < -0.3 is 14.6 Å². The van der Waals surface area contributed by atoms with Gasteiger partial charge in [0.1, 0.15) is 11.6 Å². The third-order valence-corrected chi connectivity index (χ3v) is 2.13. The molecule has 0 unspecified atom stereocenters. The van der Waals surface area contributed by atoms with Gasteiger partial charge >= 0.3 is 24.8 Å². The molecule has 20 heavy (non-hydrogen) atoms. The first-order valence-electron chi connectivity index (χ1n) is 5.42. The standard InChI is InChI=1S/C13H13FO5.Li/c1-3-19-13(17)12(16)7-11(15)8-4-9(14)6-10(5-8)18-2;/h4-7,15H,3H2,1-2H3;/q;+1/p-1/b11-7-;. The molecule has 0 aliphatic carbocycles. The Balaban J connectivity index is 0.00000361. The third-order valence-electron chi connectivity index (χ3n) is 2.13. The van der Waals surface area contributed by atoms with Crippen molar-refractivity contribution in [3.05, 3.63) is 35.7 Å². The first kappa shape index (κ1) is 18.2. The van der Waals surface area contributed by atoms with Crippen LogP contribution in [-0.2, 0) is 14.3 Å². The van der Waals surface area contributed by atoms with E-state index < -0.39 is 23.3 Å². The van der Waals surface area contributed by atoms with Crippen LogP contribution in [0.1, 0.15) is 12.5 Å².